The van der Waals surface area contributed by atoms with Gasteiger partial charge in [0.25, 0.3) is 6.47 Å². The van der Waals surface area contributed by atoms with E-state index in [1.807, 2.05) is 36.8 Å². The summed E-state index contributed by atoms with van der Waals surface area (Å²) in [5.41, 5.74) is 0.844. The highest BCUT2D eigenvalue weighted by Crippen LogP contribution is 2.19. The number of unbranched alkanes of at least 4 members (excludes halogenated alkanes) is 2. The number of ether oxygens (including phenoxy) is 1. The first kappa shape index (κ1) is 16.7. The molecule has 109 valence electrons. The van der Waals surface area contributed by atoms with E-state index in [9.17, 15) is 9.90 Å². The molecule has 0 amide bonds. The molecule has 3 heteroatoms. The van der Waals surface area contributed by atoms with E-state index in [4.69, 9.17) is 4.74 Å². The van der Waals surface area contributed by atoms with Crippen molar-refractivity contribution in [2.45, 2.75) is 44.8 Å². The number of carbonyl (C=O) groups excluding carboxylic acids is 1. The summed E-state index contributed by atoms with van der Waals surface area (Å²) in [5.74, 6) is 0. The predicted molar refractivity (Wildman–Crippen MR) is 79.4 cm³/mol. The summed E-state index contributed by atoms with van der Waals surface area (Å²) in [5, 5.41) is 9.96. The molecule has 0 spiro atoms. The van der Waals surface area contributed by atoms with Crippen LogP contribution in [0.5, 0.6) is 0 Å². The molecule has 0 heterocycles. The number of aliphatic hydroxyl groups excluding tert-OH is 1. The van der Waals surface area contributed by atoms with Gasteiger partial charge in [-0.3, -0.25) is 4.79 Å². The second-order valence-corrected chi connectivity index (χ2v) is 4.70. The standard InChI is InChI=1S/C17H23O3/c1-2-3-5-11-16(20-14-18)12-8-13-17(19)15-9-6-4-7-10-15/h4,6-10,12-14,16-17,19H,2-3,5,11H2,1H3/t16-,17+/m0/s1. The number of benzene rings is 1. The third-order valence-electron chi connectivity index (χ3n) is 3.08. The van der Waals surface area contributed by atoms with Crippen molar-refractivity contribution < 1.29 is 14.6 Å². The molecule has 1 aromatic rings. The smallest absolute Gasteiger partial charge is 0.293 e. The summed E-state index contributed by atoms with van der Waals surface area (Å²) < 4.78 is 5.01. The number of carbonyl (C=O) groups is 1. The predicted octanol–water partition coefficient (Wildman–Crippen LogP) is 3.45. The lowest BCUT2D eigenvalue weighted by Crippen LogP contribution is -2.14. The molecule has 3 nitrogen and oxygen atoms in total. The zero-order valence-corrected chi connectivity index (χ0v) is 11.9. The maximum absolute atomic E-state index is 10.5. The minimum Gasteiger partial charge on any atom is -0.464 e. The minimum absolute atomic E-state index is 0.210. The summed E-state index contributed by atoms with van der Waals surface area (Å²) >= 11 is 0. The average Bonchev–Trinajstić information content (AvgIpc) is 2.48. The van der Waals surface area contributed by atoms with Gasteiger partial charge >= 0.3 is 0 Å². The Morgan fingerprint density at radius 2 is 1.95 bits per heavy atom. The Balaban J connectivity index is 2.27. The van der Waals surface area contributed by atoms with Crippen LogP contribution in [0.3, 0.4) is 0 Å². The number of hydrogen-bond donors (Lipinski definition) is 1. The summed E-state index contributed by atoms with van der Waals surface area (Å²) in [6, 6.07) is 9.43. The fraction of sp³-hybridized carbons (Fsp3) is 0.412. The van der Waals surface area contributed by atoms with Crippen molar-refractivity contribution in [3.63, 3.8) is 0 Å². The fourth-order valence-electron chi connectivity index (χ4n) is 1.93. The molecule has 2 atom stereocenters. The van der Waals surface area contributed by atoms with E-state index < -0.39 is 6.10 Å². The van der Waals surface area contributed by atoms with E-state index in [1.165, 1.54) is 0 Å². The van der Waals surface area contributed by atoms with Crippen LogP contribution in [0.2, 0.25) is 0 Å². The fourth-order valence-corrected chi connectivity index (χ4v) is 1.93. The molecule has 0 aliphatic rings. The summed E-state index contributed by atoms with van der Waals surface area (Å²) in [7, 11) is 0. The van der Waals surface area contributed by atoms with Gasteiger partial charge in [-0.15, -0.1) is 0 Å². The largest absolute Gasteiger partial charge is 0.464 e. The summed E-state index contributed by atoms with van der Waals surface area (Å²) in [6.07, 6.45) is 8.53. The SMILES string of the molecule is CCCCC[C@@H]([CH][CH][CH][C@@H](O)c1ccccc1)OC=O. The normalized spacial score (nSPS) is 13.7. The molecule has 0 aromatic heterocycles. The Morgan fingerprint density at radius 3 is 2.60 bits per heavy atom. The Hall–Kier alpha value is -1.35. The quantitative estimate of drug-likeness (QED) is 0.497. The van der Waals surface area contributed by atoms with Crippen molar-refractivity contribution in [1.29, 1.82) is 0 Å². The summed E-state index contributed by atoms with van der Waals surface area (Å²) in [4.78, 5) is 10.5. The van der Waals surface area contributed by atoms with Gasteiger partial charge in [-0.05, 0) is 31.2 Å². The van der Waals surface area contributed by atoms with Crippen LogP contribution >= 0.6 is 0 Å². The Bertz CT molecular complexity index is 351. The molecule has 0 unspecified atom stereocenters. The molecular formula is C17H23O3. The van der Waals surface area contributed by atoms with Crippen molar-refractivity contribution in [3.05, 3.63) is 55.2 Å². The van der Waals surface area contributed by atoms with Gasteiger partial charge in [0, 0.05) is 6.42 Å². The number of aliphatic hydroxyl groups is 1. The number of rotatable bonds is 11. The van der Waals surface area contributed by atoms with Gasteiger partial charge in [0.1, 0.15) is 6.10 Å². The lowest BCUT2D eigenvalue weighted by Gasteiger charge is -2.15. The van der Waals surface area contributed by atoms with Crippen LogP contribution in [0.25, 0.3) is 0 Å². The zero-order valence-electron chi connectivity index (χ0n) is 11.9. The average molecular weight is 275 g/mol. The molecule has 3 radical (unpaired) electrons. The van der Waals surface area contributed by atoms with Crippen molar-refractivity contribution in [1.82, 2.24) is 0 Å². The Morgan fingerprint density at radius 1 is 1.20 bits per heavy atom. The maximum atomic E-state index is 10.5. The molecular weight excluding hydrogens is 252 g/mol. The van der Waals surface area contributed by atoms with Crippen LogP contribution in [0.1, 0.15) is 44.3 Å². The van der Waals surface area contributed by atoms with Gasteiger partial charge < -0.3 is 9.84 Å². The molecule has 0 saturated carbocycles. The van der Waals surface area contributed by atoms with Gasteiger partial charge in [-0.25, -0.2) is 0 Å². The third-order valence-corrected chi connectivity index (χ3v) is 3.08. The van der Waals surface area contributed by atoms with Crippen molar-refractivity contribution in [2.24, 2.45) is 0 Å². The van der Waals surface area contributed by atoms with Crippen molar-refractivity contribution in [3.8, 4) is 0 Å². The van der Waals surface area contributed by atoms with Crippen LogP contribution in [-0.2, 0) is 9.53 Å². The highest BCUT2D eigenvalue weighted by atomic mass is 16.5. The summed E-state index contributed by atoms with van der Waals surface area (Å²) in [6.45, 7) is 2.62. The lowest BCUT2D eigenvalue weighted by atomic mass is 10.0. The molecule has 0 fully saturated rings. The maximum Gasteiger partial charge on any atom is 0.293 e. The highest BCUT2D eigenvalue weighted by molar-refractivity contribution is 5.38. The highest BCUT2D eigenvalue weighted by Gasteiger charge is 2.12. The molecule has 1 N–H and O–H groups in total. The van der Waals surface area contributed by atoms with E-state index in [-0.39, 0.29) is 6.10 Å². The second-order valence-electron chi connectivity index (χ2n) is 4.70. The van der Waals surface area contributed by atoms with Gasteiger partial charge in [-0.1, -0.05) is 50.1 Å². The molecule has 20 heavy (non-hydrogen) atoms. The third kappa shape index (κ3) is 6.71. The Kier molecular flexibility index (Phi) is 8.72. The van der Waals surface area contributed by atoms with E-state index in [0.29, 0.717) is 6.47 Å². The van der Waals surface area contributed by atoms with Crippen LogP contribution < -0.4 is 0 Å². The lowest BCUT2D eigenvalue weighted by molar-refractivity contribution is -0.132. The van der Waals surface area contributed by atoms with Crippen molar-refractivity contribution >= 4 is 6.47 Å². The van der Waals surface area contributed by atoms with Gasteiger partial charge in [0.15, 0.2) is 0 Å². The van der Waals surface area contributed by atoms with Crippen LogP contribution in [0.4, 0.5) is 0 Å². The number of hydrogen-bond acceptors (Lipinski definition) is 3. The van der Waals surface area contributed by atoms with Crippen LogP contribution in [0.15, 0.2) is 30.3 Å². The monoisotopic (exact) mass is 275 g/mol. The van der Waals surface area contributed by atoms with Gasteiger partial charge in [0.2, 0.25) is 0 Å². The minimum atomic E-state index is -0.639. The van der Waals surface area contributed by atoms with E-state index >= 15 is 0 Å². The Labute approximate surface area is 122 Å². The first-order valence-corrected chi connectivity index (χ1v) is 7.11. The molecule has 1 rings (SSSR count). The van der Waals surface area contributed by atoms with Gasteiger partial charge in [-0.2, -0.15) is 0 Å². The molecule has 0 aliphatic heterocycles. The molecule has 0 bridgehead atoms. The molecule has 1 aromatic carbocycles. The van der Waals surface area contributed by atoms with E-state index in [0.717, 1.165) is 31.2 Å². The first-order valence-electron chi connectivity index (χ1n) is 7.11. The van der Waals surface area contributed by atoms with Crippen molar-refractivity contribution in [2.75, 3.05) is 0 Å². The van der Waals surface area contributed by atoms with Crippen LogP contribution in [-0.4, -0.2) is 17.7 Å². The van der Waals surface area contributed by atoms with Gasteiger partial charge in [0.05, 0.1) is 6.10 Å². The van der Waals surface area contributed by atoms with E-state index in [2.05, 4.69) is 6.92 Å². The topological polar surface area (TPSA) is 46.5 Å². The molecule has 0 aliphatic carbocycles. The molecule has 0 saturated heterocycles. The first-order chi connectivity index (χ1) is 9.77. The second kappa shape index (κ2) is 10.4. The zero-order chi connectivity index (χ0) is 14.6. The van der Waals surface area contributed by atoms with E-state index in [1.54, 1.807) is 12.8 Å². The van der Waals surface area contributed by atoms with Crippen LogP contribution in [0, 0.1) is 19.3 Å².